The molecule has 3 aromatic rings. The van der Waals surface area contributed by atoms with Crippen molar-refractivity contribution in [1.82, 2.24) is 19.4 Å². The molecule has 2 aromatic heterocycles. The van der Waals surface area contributed by atoms with Crippen LogP contribution in [0.25, 0.3) is 10.9 Å². The minimum Gasteiger partial charge on any atom is -0.301 e. The molecule has 0 spiro atoms. The van der Waals surface area contributed by atoms with Crippen LogP contribution in [0.3, 0.4) is 0 Å². The van der Waals surface area contributed by atoms with Crippen molar-refractivity contribution in [1.29, 1.82) is 0 Å². The molecule has 0 aliphatic rings. The Morgan fingerprint density at radius 1 is 1.17 bits per heavy atom. The van der Waals surface area contributed by atoms with Gasteiger partial charge in [0, 0.05) is 12.7 Å². The van der Waals surface area contributed by atoms with Crippen molar-refractivity contribution in [3.63, 3.8) is 0 Å². The van der Waals surface area contributed by atoms with Crippen LogP contribution < -0.4 is 5.56 Å². The zero-order valence-corrected chi connectivity index (χ0v) is 13.6. The van der Waals surface area contributed by atoms with Gasteiger partial charge in [0.25, 0.3) is 5.56 Å². The number of hydrogen-bond donors (Lipinski definition) is 0. The highest BCUT2D eigenvalue weighted by Crippen LogP contribution is 2.20. The lowest BCUT2D eigenvalue weighted by atomic mass is 10.0. The van der Waals surface area contributed by atoms with E-state index in [1.54, 1.807) is 29.4 Å². The molecule has 0 amide bonds. The Kier molecular flexibility index (Phi) is 4.21. The van der Waals surface area contributed by atoms with E-state index < -0.39 is 0 Å². The lowest BCUT2D eigenvalue weighted by Crippen LogP contribution is -2.30. The molecule has 0 N–H and O–H groups in total. The zero-order valence-electron chi connectivity index (χ0n) is 13.6. The first-order valence-electron chi connectivity index (χ1n) is 7.58. The van der Waals surface area contributed by atoms with Gasteiger partial charge in [-0.1, -0.05) is 29.8 Å². The van der Waals surface area contributed by atoms with Crippen LogP contribution in [0, 0.1) is 6.92 Å². The molecule has 0 saturated carbocycles. The second-order valence-corrected chi connectivity index (χ2v) is 5.99. The second-order valence-electron chi connectivity index (χ2n) is 5.99. The van der Waals surface area contributed by atoms with E-state index in [4.69, 9.17) is 0 Å². The Hall–Kier alpha value is -2.53. The van der Waals surface area contributed by atoms with Gasteiger partial charge in [-0.15, -0.1) is 0 Å². The minimum absolute atomic E-state index is 0.0311. The van der Waals surface area contributed by atoms with Gasteiger partial charge >= 0.3 is 0 Å². The Morgan fingerprint density at radius 2 is 1.91 bits per heavy atom. The van der Waals surface area contributed by atoms with Crippen LogP contribution in [0.5, 0.6) is 0 Å². The number of fused-ring (bicyclic) bond motifs is 1. The van der Waals surface area contributed by atoms with Crippen LogP contribution >= 0.6 is 0 Å². The molecule has 5 nitrogen and oxygen atoms in total. The molecule has 2 heterocycles. The van der Waals surface area contributed by atoms with Crippen molar-refractivity contribution in [3.05, 3.63) is 70.5 Å². The van der Waals surface area contributed by atoms with E-state index in [1.807, 2.05) is 14.1 Å². The van der Waals surface area contributed by atoms with Gasteiger partial charge in [0.15, 0.2) is 0 Å². The van der Waals surface area contributed by atoms with E-state index in [-0.39, 0.29) is 11.6 Å². The summed E-state index contributed by atoms with van der Waals surface area (Å²) in [6.45, 7) is 2.63. The zero-order chi connectivity index (χ0) is 16.4. The summed E-state index contributed by atoms with van der Waals surface area (Å²) in [6.07, 6.45) is 4.85. The van der Waals surface area contributed by atoms with E-state index >= 15 is 0 Å². The molecule has 23 heavy (non-hydrogen) atoms. The van der Waals surface area contributed by atoms with Crippen LogP contribution in [0.1, 0.15) is 17.2 Å². The predicted octanol–water partition coefficient (Wildman–Crippen LogP) is 2.40. The molecule has 0 radical (unpaired) electrons. The summed E-state index contributed by atoms with van der Waals surface area (Å²) in [7, 11) is 4.04. The van der Waals surface area contributed by atoms with E-state index in [1.165, 1.54) is 11.1 Å². The lowest BCUT2D eigenvalue weighted by Gasteiger charge is -2.25. The maximum atomic E-state index is 12.6. The highest BCUT2D eigenvalue weighted by atomic mass is 16.1. The van der Waals surface area contributed by atoms with Gasteiger partial charge in [0.05, 0.1) is 29.5 Å². The Balaban J connectivity index is 1.99. The van der Waals surface area contributed by atoms with Gasteiger partial charge in [-0.05, 0) is 32.6 Å². The topological polar surface area (TPSA) is 51.0 Å². The van der Waals surface area contributed by atoms with Crippen molar-refractivity contribution in [2.45, 2.75) is 19.5 Å². The molecule has 0 aliphatic heterocycles. The van der Waals surface area contributed by atoms with E-state index in [9.17, 15) is 4.79 Å². The van der Waals surface area contributed by atoms with E-state index in [2.05, 4.69) is 46.1 Å². The highest BCUT2D eigenvalue weighted by molar-refractivity contribution is 5.75. The van der Waals surface area contributed by atoms with E-state index in [0.717, 1.165) is 0 Å². The lowest BCUT2D eigenvalue weighted by molar-refractivity contribution is 0.266. The van der Waals surface area contributed by atoms with Gasteiger partial charge in [-0.2, -0.15) is 0 Å². The molecule has 1 atom stereocenters. The Bertz CT molecular complexity index is 868. The molecule has 118 valence electrons. The molecule has 0 fully saturated rings. The third-order valence-corrected chi connectivity index (χ3v) is 4.08. The Morgan fingerprint density at radius 3 is 2.61 bits per heavy atom. The number of aromatic nitrogens is 3. The molecule has 0 aliphatic carbocycles. The summed E-state index contributed by atoms with van der Waals surface area (Å²) in [4.78, 5) is 23.1. The Labute approximate surface area is 135 Å². The largest absolute Gasteiger partial charge is 0.301 e. The summed E-state index contributed by atoms with van der Waals surface area (Å²) in [6, 6.07) is 10.2. The second kappa shape index (κ2) is 6.30. The molecule has 1 unspecified atom stereocenters. The maximum Gasteiger partial charge on any atom is 0.261 e. The van der Waals surface area contributed by atoms with Crippen molar-refractivity contribution >= 4 is 10.9 Å². The number of benzene rings is 1. The minimum atomic E-state index is -0.0311. The summed E-state index contributed by atoms with van der Waals surface area (Å²) in [5.41, 5.74) is 3.01. The third-order valence-electron chi connectivity index (χ3n) is 4.08. The van der Waals surface area contributed by atoms with Crippen molar-refractivity contribution < 1.29 is 0 Å². The quantitative estimate of drug-likeness (QED) is 0.742. The summed E-state index contributed by atoms with van der Waals surface area (Å²) in [5.74, 6) is 0. The van der Waals surface area contributed by atoms with Crippen LogP contribution in [-0.4, -0.2) is 33.5 Å². The maximum absolute atomic E-state index is 12.6. The van der Waals surface area contributed by atoms with Gasteiger partial charge in [0.1, 0.15) is 0 Å². The van der Waals surface area contributed by atoms with Gasteiger partial charge in [-0.25, -0.2) is 4.98 Å². The normalized spacial score (nSPS) is 12.7. The molecule has 3 rings (SSSR count). The molecular weight excluding hydrogens is 288 g/mol. The van der Waals surface area contributed by atoms with Crippen LogP contribution in [0.2, 0.25) is 0 Å². The molecule has 1 aromatic carbocycles. The van der Waals surface area contributed by atoms with Crippen molar-refractivity contribution in [2.24, 2.45) is 0 Å². The fraction of sp³-hybridized carbons (Fsp3) is 0.278. The number of hydrogen-bond acceptors (Lipinski definition) is 4. The fourth-order valence-corrected chi connectivity index (χ4v) is 2.68. The number of likely N-dealkylation sites (N-methyl/N-ethyl adjacent to an activating group) is 1. The van der Waals surface area contributed by atoms with Crippen molar-refractivity contribution in [3.8, 4) is 0 Å². The van der Waals surface area contributed by atoms with E-state index in [0.29, 0.717) is 17.4 Å². The molecule has 0 bridgehead atoms. The van der Waals surface area contributed by atoms with Gasteiger partial charge < -0.3 is 4.90 Å². The SMILES string of the molecule is Cc1ccc(C(Cn2cnc3cnccc3c2=O)N(C)C)cc1. The van der Waals surface area contributed by atoms with Gasteiger partial charge in [-0.3, -0.25) is 14.3 Å². The summed E-state index contributed by atoms with van der Waals surface area (Å²) >= 11 is 0. The first-order valence-corrected chi connectivity index (χ1v) is 7.58. The van der Waals surface area contributed by atoms with Crippen LogP contribution in [-0.2, 0) is 6.54 Å². The fourth-order valence-electron chi connectivity index (χ4n) is 2.68. The van der Waals surface area contributed by atoms with Gasteiger partial charge in [0.2, 0.25) is 0 Å². The first kappa shape index (κ1) is 15.4. The number of aryl methyl sites for hydroxylation is 1. The number of rotatable bonds is 4. The highest BCUT2D eigenvalue weighted by Gasteiger charge is 2.16. The monoisotopic (exact) mass is 308 g/mol. The third kappa shape index (κ3) is 3.14. The average Bonchev–Trinajstić information content (AvgIpc) is 2.55. The average molecular weight is 308 g/mol. The molecule has 5 heteroatoms. The number of nitrogens with zero attached hydrogens (tertiary/aromatic N) is 4. The molecule has 0 saturated heterocycles. The summed E-state index contributed by atoms with van der Waals surface area (Å²) in [5, 5.41) is 0.601. The molecular formula is C18H20N4O. The van der Waals surface area contributed by atoms with Crippen molar-refractivity contribution in [2.75, 3.05) is 14.1 Å². The smallest absolute Gasteiger partial charge is 0.261 e. The summed E-state index contributed by atoms with van der Waals surface area (Å²) < 4.78 is 1.67. The van der Waals surface area contributed by atoms with Crippen LogP contribution in [0.15, 0.2) is 53.8 Å². The number of pyridine rings is 1. The predicted molar refractivity (Wildman–Crippen MR) is 91.4 cm³/mol. The standard InChI is InChI=1S/C18H20N4O/c1-13-4-6-14(7-5-13)17(21(2)3)11-22-12-20-16-10-19-9-8-15(16)18(22)23/h4-10,12,17H,11H2,1-3H3. The van der Waals surface area contributed by atoms with Crippen LogP contribution in [0.4, 0.5) is 0 Å². The first-order chi connectivity index (χ1) is 11.1.